The number of hydrogen-bond acceptors (Lipinski definition) is 3. The number of halogens is 1. The van der Waals surface area contributed by atoms with Gasteiger partial charge < -0.3 is 15.5 Å². The van der Waals surface area contributed by atoms with Crippen molar-refractivity contribution in [1.82, 2.24) is 15.2 Å². The lowest BCUT2D eigenvalue weighted by atomic mass is 10.1. The van der Waals surface area contributed by atoms with E-state index in [1.165, 1.54) is 0 Å². The average molecular weight is 311 g/mol. The average Bonchev–Trinajstić information content (AvgIpc) is 2.89. The molecule has 2 amide bonds. The fraction of sp³-hybridized carbons (Fsp3) is 0.500. The van der Waals surface area contributed by atoms with Crippen LogP contribution < -0.4 is 10.6 Å². The Bertz CT molecular complexity index is 467. The molecule has 2 atom stereocenters. The first kappa shape index (κ1) is 11.9. The molecule has 2 saturated heterocycles. The van der Waals surface area contributed by atoms with Gasteiger partial charge in [-0.1, -0.05) is 0 Å². The third-order valence-electron chi connectivity index (χ3n) is 3.66. The molecule has 1 aromatic rings. The van der Waals surface area contributed by atoms with Crippen molar-refractivity contribution in [2.75, 3.05) is 25.0 Å². The van der Waals surface area contributed by atoms with E-state index in [0.717, 1.165) is 36.2 Å². The zero-order valence-corrected chi connectivity index (χ0v) is 11.5. The molecule has 0 unspecified atom stereocenters. The molecule has 1 aromatic heterocycles. The first-order valence-corrected chi connectivity index (χ1v) is 6.92. The molecule has 0 bridgehead atoms. The number of anilines is 1. The standard InChI is InChI=1S/C12H15BrN4O/c13-9-3-10(6-15-5-9)16-12(18)17-2-1-8-4-14-7-11(8)17/h3,5-6,8,11,14H,1-2,4,7H2,(H,16,18)/t8-,11+/m1/s1. The summed E-state index contributed by atoms with van der Waals surface area (Å²) in [6.07, 6.45) is 4.45. The molecule has 6 heteroatoms. The molecule has 0 aliphatic carbocycles. The number of carbonyl (C=O) groups excluding carboxylic acids is 1. The van der Waals surface area contributed by atoms with Crippen LogP contribution in [-0.2, 0) is 0 Å². The normalized spacial score (nSPS) is 26.2. The van der Waals surface area contributed by atoms with Gasteiger partial charge in [-0.25, -0.2) is 4.79 Å². The minimum Gasteiger partial charge on any atom is -0.320 e. The zero-order valence-electron chi connectivity index (χ0n) is 9.90. The van der Waals surface area contributed by atoms with Crippen LogP contribution in [0, 0.1) is 5.92 Å². The Morgan fingerprint density at radius 2 is 2.39 bits per heavy atom. The van der Waals surface area contributed by atoms with Gasteiger partial charge in [0.15, 0.2) is 0 Å². The molecule has 5 nitrogen and oxygen atoms in total. The van der Waals surface area contributed by atoms with Crippen LogP contribution >= 0.6 is 15.9 Å². The third kappa shape index (κ3) is 2.22. The van der Waals surface area contributed by atoms with Crippen LogP contribution in [-0.4, -0.2) is 41.6 Å². The lowest BCUT2D eigenvalue weighted by Gasteiger charge is -2.23. The summed E-state index contributed by atoms with van der Waals surface area (Å²) in [5.74, 6) is 0.622. The van der Waals surface area contributed by atoms with Gasteiger partial charge in [-0.2, -0.15) is 0 Å². The maximum atomic E-state index is 12.2. The van der Waals surface area contributed by atoms with E-state index in [1.807, 2.05) is 11.0 Å². The van der Waals surface area contributed by atoms with Crippen LogP contribution in [0.5, 0.6) is 0 Å². The Morgan fingerprint density at radius 3 is 3.22 bits per heavy atom. The number of rotatable bonds is 1. The molecule has 0 radical (unpaired) electrons. The number of nitrogens with zero attached hydrogens (tertiary/aromatic N) is 2. The van der Waals surface area contributed by atoms with Crippen molar-refractivity contribution in [3.8, 4) is 0 Å². The Kier molecular flexibility index (Phi) is 3.22. The van der Waals surface area contributed by atoms with Gasteiger partial charge in [-0.05, 0) is 34.3 Å². The van der Waals surface area contributed by atoms with Crippen LogP contribution in [0.2, 0.25) is 0 Å². The lowest BCUT2D eigenvalue weighted by Crippen LogP contribution is -2.41. The number of hydrogen-bond donors (Lipinski definition) is 2. The first-order valence-electron chi connectivity index (χ1n) is 6.13. The Balaban J connectivity index is 1.68. The summed E-state index contributed by atoms with van der Waals surface area (Å²) in [6, 6.07) is 2.18. The minimum atomic E-state index is -0.0221. The van der Waals surface area contributed by atoms with E-state index in [4.69, 9.17) is 0 Å². The number of aromatic nitrogens is 1. The second-order valence-electron chi connectivity index (χ2n) is 4.79. The largest absolute Gasteiger partial charge is 0.322 e. The van der Waals surface area contributed by atoms with Gasteiger partial charge >= 0.3 is 6.03 Å². The Morgan fingerprint density at radius 1 is 1.50 bits per heavy atom. The van der Waals surface area contributed by atoms with Gasteiger partial charge in [0.05, 0.1) is 11.9 Å². The van der Waals surface area contributed by atoms with Crippen LogP contribution in [0.3, 0.4) is 0 Å². The molecular formula is C12H15BrN4O. The van der Waals surface area contributed by atoms with Gasteiger partial charge in [0.1, 0.15) is 0 Å². The highest BCUT2D eigenvalue weighted by Gasteiger charge is 2.39. The van der Waals surface area contributed by atoms with E-state index in [1.54, 1.807) is 12.4 Å². The monoisotopic (exact) mass is 310 g/mol. The van der Waals surface area contributed by atoms with E-state index in [-0.39, 0.29) is 6.03 Å². The van der Waals surface area contributed by atoms with Gasteiger partial charge in [-0.3, -0.25) is 4.98 Å². The Hall–Kier alpha value is -1.14. The summed E-state index contributed by atoms with van der Waals surface area (Å²) in [7, 11) is 0. The number of fused-ring (bicyclic) bond motifs is 1. The molecule has 2 N–H and O–H groups in total. The second-order valence-corrected chi connectivity index (χ2v) is 5.71. The number of nitrogens with one attached hydrogen (secondary N) is 2. The molecule has 0 aromatic carbocycles. The van der Waals surface area contributed by atoms with Gasteiger partial charge in [0.2, 0.25) is 0 Å². The highest BCUT2D eigenvalue weighted by molar-refractivity contribution is 9.10. The van der Waals surface area contributed by atoms with Gasteiger partial charge in [0.25, 0.3) is 0 Å². The zero-order chi connectivity index (χ0) is 12.5. The van der Waals surface area contributed by atoms with E-state index >= 15 is 0 Å². The van der Waals surface area contributed by atoms with Crippen LogP contribution in [0.1, 0.15) is 6.42 Å². The van der Waals surface area contributed by atoms with Crippen molar-refractivity contribution < 1.29 is 4.79 Å². The van der Waals surface area contributed by atoms with E-state index in [2.05, 4.69) is 31.5 Å². The highest BCUT2D eigenvalue weighted by Crippen LogP contribution is 2.27. The summed E-state index contributed by atoms with van der Waals surface area (Å²) in [5.41, 5.74) is 0.726. The van der Waals surface area contributed by atoms with E-state index < -0.39 is 0 Å². The fourth-order valence-electron chi connectivity index (χ4n) is 2.78. The van der Waals surface area contributed by atoms with Crippen molar-refractivity contribution in [2.45, 2.75) is 12.5 Å². The van der Waals surface area contributed by atoms with Gasteiger partial charge in [0, 0.05) is 36.3 Å². The van der Waals surface area contributed by atoms with Crippen molar-refractivity contribution in [3.63, 3.8) is 0 Å². The molecule has 0 saturated carbocycles. The molecule has 96 valence electrons. The summed E-state index contributed by atoms with van der Waals surface area (Å²) in [6.45, 7) is 2.80. The lowest BCUT2D eigenvalue weighted by molar-refractivity contribution is 0.206. The maximum absolute atomic E-state index is 12.2. The molecule has 2 fully saturated rings. The molecule has 2 aliphatic heterocycles. The van der Waals surface area contributed by atoms with Crippen LogP contribution in [0.4, 0.5) is 10.5 Å². The molecule has 3 rings (SSSR count). The molecular weight excluding hydrogens is 296 g/mol. The number of likely N-dealkylation sites (tertiary alicyclic amines) is 1. The van der Waals surface area contributed by atoms with E-state index in [0.29, 0.717) is 12.0 Å². The third-order valence-corrected chi connectivity index (χ3v) is 4.10. The highest BCUT2D eigenvalue weighted by atomic mass is 79.9. The topological polar surface area (TPSA) is 57.3 Å². The fourth-order valence-corrected chi connectivity index (χ4v) is 3.14. The van der Waals surface area contributed by atoms with Crippen molar-refractivity contribution in [3.05, 3.63) is 22.9 Å². The number of urea groups is 1. The summed E-state index contributed by atoms with van der Waals surface area (Å²) in [4.78, 5) is 18.2. The van der Waals surface area contributed by atoms with Crippen LogP contribution in [0.25, 0.3) is 0 Å². The Labute approximate surface area is 114 Å². The molecule has 2 aliphatic rings. The second kappa shape index (κ2) is 4.85. The maximum Gasteiger partial charge on any atom is 0.322 e. The predicted octanol–water partition coefficient (Wildman–Crippen LogP) is 1.67. The number of carbonyl (C=O) groups is 1. The number of pyridine rings is 1. The van der Waals surface area contributed by atoms with E-state index in [9.17, 15) is 4.79 Å². The summed E-state index contributed by atoms with van der Waals surface area (Å²) < 4.78 is 0.863. The molecule has 3 heterocycles. The molecule has 18 heavy (non-hydrogen) atoms. The van der Waals surface area contributed by atoms with Crippen molar-refractivity contribution >= 4 is 27.6 Å². The number of amides is 2. The van der Waals surface area contributed by atoms with Crippen molar-refractivity contribution in [2.24, 2.45) is 5.92 Å². The SMILES string of the molecule is O=C(Nc1cncc(Br)c1)N1CC[C@@H]2CNC[C@@H]21. The summed E-state index contributed by atoms with van der Waals surface area (Å²) in [5, 5.41) is 6.24. The molecule has 0 spiro atoms. The smallest absolute Gasteiger partial charge is 0.320 e. The quantitative estimate of drug-likeness (QED) is 0.829. The summed E-state index contributed by atoms with van der Waals surface area (Å²) >= 11 is 3.34. The van der Waals surface area contributed by atoms with Gasteiger partial charge in [-0.15, -0.1) is 0 Å². The predicted molar refractivity (Wildman–Crippen MR) is 72.4 cm³/mol. The van der Waals surface area contributed by atoms with Crippen LogP contribution in [0.15, 0.2) is 22.9 Å². The first-order chi connectivity index (χ1) is 8.74. The van der Waals surface area contributed by atoms with Crippen molar-refractivity contribution in [1.29, 1.82) is 0 Å². The minimum absolute atomic E-state index is 0.0221.